The van der Waals surface area contributed by atoms with E-state index in [-0.39, 0.29) is 0 Å². The van der Waals surface area contributed by atoms with Crippen molar-refractivity contribution in [1.29, 1.82) is 0 Å². The van der Waals surface area contributed by atoms with Gasteiger partial charge in [-0.3, -0.25) is 0 Å². The Balaban J connectivity index is 1.43. The Morgan fingerprint density at radius 1 is 0.214 bits per heavy atom. The van der Waals surface area contributed by atoms with Crippen molar-refractivity contribution in [2.45, 2.75) is 77.1 Å². The molecule has 0 fully saturated rings. The van der Waals surface area contributed by atoms with Crippen molar-refractivity contribution in [2.75, 3.05) is 0 Å². The molecule has 0 radical (unpaired) electrons. The highest BCUT2D eigenvalue weighted by Gasteiger charge is 2.36. The maximum absolute atomic E-state index is 14.5. The highest BCUT2D eigenvalue weighted by atomic mass is 19.4. The number of halogens is 12. The Morgan fingerprint density at radius 3 is 0.702 bits per heavy atom. The Morgan fingerprint density at radius 2 is 0.452 bits per heavy atom. The van der Waals surface area contributed by atoms with E-state index in [0.717, 1.165) is 59.7 Å². The fraction of sp³-hybridized carbons (Fsp3) is 0.167. The Hall–Kier alpha value is -8.64. The van der Waals surface area contributed by atoms with E-state index in [9.17, 15) is 52.7 Å². The Bertz CT molecular complexity index is 4220. The average Bonchev–Trinajstić information content (AvgIpc) is 0.686. The molecular formula is C72H50F12. The van der Waals surface area contributed by atoms with Crippen LogP contribution in [0.3, 0.4) is 0 Å². The zero-order valence-electron chi connectivity index (χ0n) is 46.0. The van der Waals surface area contributed by atoms with Crippen molar-refractivity contribution in [3.05, 3.63) is 228 Å². The van der Waals surface area contributed by atoms with Crippen molar-refractivity contribution in [3.63, 3.8) is 0 Å². The van der Waals surface area contributed by atoms with E-state index in [2.05, 4.69) is 24.3 Å². The molecule has 0 aliphatic heterocycles. The highest BCUT2D eigenvalue weighted by molar-refractivity contribution is 6.45. The van der Waals surface area contributed by atoms with Crippen LogP contribution in [0.5, 0.6) is 0 Å². The summed E-state index contributed by atoms with van der Waals surface area (Å²) in [6.07, 6.45) is -18.8. The molecule has 0 unspecified atom stereocenters. The SMILES string of the molecule is CC(C)(C)c1cc2c3c(-c4ccc(C(F)(F)F)cc4)cc(-c4ccccc4)c(-c4ccc(C(F)(F)F)cc4)c3c3cc(C(C)(C)C)cc4c5c(-c6ccc(C(F)(F)F)cc6)cc(-c6ccccc6)c(-c6ccc(C(F)(F)F)cc6)c5c(c1)c2c43. The van der Waals surface area contributed by atoms with Crippen LogP contribution in [-0.4, -0.2) is 0 Å². The van der Waals surface area contributed by atoms with Gasteiger partial charge in [0.05, 0.1) is 22.3 Å². The lowest BCUT2D eigenvalue weighted by Crippen LogP contribution is -2.12. The number of fused-ring (bicyclic) bond motifs is 6. The van der Waals surface area contributed by atoms with Crippen LogP contribution in [0, 0.1) is 0 Å². The lowest BCUT2D eigenvalue weighted by molar-refractivity contribution is -0.138. The van der Waals surface area contributed by atoms with E-state index in [1.54, 1.807) is 0 Å². The quantitative estimate of drug-likeness (QED) is 0.0884. The fourth-order valence-electron chi connectivity index (χ4n) is 12.0. The Labute approximate surface area is 476 Å². The van der Waals surface area contributed by atoms with Gasteiger partial charge in [0.2, 0.25) is 0 Å². The molecule has 12 rings (SSSR count). The van der Waals surface area contributed by atoms with Gasteiger partial charge in [-0.05, 0) is 228 Å². The van der Waals surface area contributed by atoms with Gasteiger partial charge in [0.15, 0.2) is 0 Å². The van der Waals surface area contributed by atoms with Crippen molar-refractivity contribution in [1.82, 2.24) is 0 Å². The molecule has 0 saturated carbocycles. The first-order valence-corrected chi connectivity index (χ1v) is 27.1. The summed E-state index contributed by atoms with van der Waals surface area (Å²) in [5.74, 6) is 0. The maximum atomic E-state index is 14.5. The molecule has 0 aliphatic rings. The second-order valence-electron chi connectivity index (χ2n) is 23.6. The molecule has 0 aliphatic carbocycles. The first kappa shape index (κ1) is 55.9. The van der Waals surface area contributed by atoms with Gasteiger partial charge >= 0.3 is 24.7 Å². The second-order valence-corrected chi connectivity index (χ2v) is 23.6. The van der Waals surface area contributed by atoms with Crippen molar-refractivity contribution >= 4 is 53.9 Å². The van der Waals surface area contributed by atoms with Gasteiger partial charge in [0.1, 0.15) is 0 Å². The first-order valence-electron chi connectivity index (χ1n) is 27.1. The van der Waals surface area contributed by atoms with E-state index in [4.69, 9.17) is 0 Å². The number of hydrogen-bond acceptors (Lipinski definition) is 0. The lowest BCUT2D eigenvalue weighted by atomic mass is 9.73. The summed E-state index contributed by atoms with van der Waals surface area (Å²) in [7, 11) is 0. The molecule has 0 aromatic heterocycles. The molecule has 0 spiro atoms. The number of benzene rings is 12. The smallest absolute Gasteiger partial charge is 0.166 e. The zero-order chi connectivity index (χ0) is 59.8. The molecule has 0 atom stereocenters. The summed E-state index contributed by atoms with van der Waals surface area (Å²) in [4.78, 5) is 0. The minimum Gasteiger partial charge on any atom is -0.166 e. The summed E-state index contributed by atoms with van der Waals surface area (Å²) in [5, 5.41) is 6.11. The molecule has 0 heterocycles. The van der Waals surface area contributed by atoms with E-state index in [1.165, 1.54) is 48.5 Å². The second kappa shape index (κ2) is 19.5. The minimum atomic E-state index is -4.69. The number of alkyl halides is 12. The fourth-order valence-corrected chi connectivity index (χ4v) is 12.0. The van der Waals surface area contributed by atoms with Crippen LogP contribution in [0.25, 0.3) is 121 Å². The molecule has 0 bridgehead atoms. The van der Waals surface area contributed by atoms with Crippen molar-refractivity contribution in [3.8, 4) is 66.8 Å². The zero-order valence-corrected chi connectivity index (χ0v) is 46.0. The van der Waals surface area contributed by atoms with Gasteiger partial charge in [-0.15, -0.1) is 0 Å². The molecular weight excluding hydrogens is 1090 g/mol. The Kier molecular flexibility index (Phi) is 13.0. The molecule has 12 aromatic carbocycles. The van der Waals surface area contributed by atoms with Crippen molar-refractivity contribution < 1.29 is 52.7 Å². The van der Waals surface area contributed by atoms with Gasteiger partial charge in [-0.2, -0.15) is 52.7 Å². The largest absolute Gasteiger partial charge is 0.416 e. The first-order chi connectivity index (χ1) is 39.5. The van der Waals surface area contributed by atoms with Crippen LogP contribution in [-0.2, 0) is 35.5 Å². The van der Waals surface area contributed by atoms with Crippen LogP contribution >= 0.6 is 0 Å². The highest BCUT2D eigenvalue weighted by Crippen LogP contribution is 2.57. The third-order valence-corrected chi connectivity index (χ3v) is 16.2. The number of rotatable bonds is 6. The predicted octanol–water partition coefficient (Wildman–Crippen LogP) is 23.6. The van der Waals surface area contributed by atoms with Crippen LogP contribution in [0.1, 0.15) is 74.9 Å². The third-order valence-electron chi connectivity index (χ3n) is 16.2. The normalized spacial score (nSPS) is 13.1. The lowest BCUT2D eigenvalue weighted by Gasteiger charge is -2.30. The average molecular weight is 1140 g/mol. The maximum Gasteiger partial charge on any atom is 0.416 e. The van der Waals surface area contributed by atoms with Gasteiger partial charge in [-0.25, -0.2) is 0 Å². The predicted molar refractivity (Wildman–Crippen MR) is 315 cm³/mol. The van der Waals surface area contributed by atoms with E-state index >= 15 is 0 Å². The summed E-state index contributed by atoms with van der Waals surface area (Å²) >= 11 is 0. The van der Waals surface area contributed by atoms with Crippen LogP contribution in [0.4, 0.5) is 52.7 Å². The summed E-state index contributed by atoms with van der Waals surface area (Å²) in [6, 6.07) is 49.9. The minimum absolute atomic E-state index is 0.401. The third kappa shape index (κ3) is 9.66. The van der Waals surface area contributed by atoms with E-state index in [0.29, 0.717) is 121 Å². The standard InChI is InChI=1S/C72H50F12/c1-67(2,3)49-33-55-61-53(41-17-25-45(26-18-41)69(73,74)75)37-52(40-15-11-8-12-16-40)60(44-23-31-48(32-24-44)72(82,83)84)66(61)58-36-50(68(4,5)6)34-56-62-54(42-19-27-46(28-20-42)70(76,77)78)38-51(39-13-9-7-10-14-39)59(65(62)57(35-49)63(55)64(56)58)43-21-29-47(30-22-43)71(79,80)81/h7-38H,1-6H3. The van der Waals surface area contributed by atoms with Crippen LogP contribution < -0.4 is 0 Å². The van der Waals surface area contributed by atoms with Crippen LogP contribution in [0.15, 0.2) is 194 Å². The van der Waals surface area contributed by atoms with Gasteiger partial charge < -0.3 is 0 Å². The van der Waals surface area contributed by atoms with E-state index < -0.39 is 57.8 Å². The van der Waals surface area contributed by atoms with Crippen molar-refractivity contribution in [2.24, 2.45) is 0 Å². The molecule has 0 saturated heterocycles. The molecule has 0 N–H and O–H groups in total. The molecule has 84 heavy (non-hydrogen) atoms. The monoisotopic (exact) mass is 1140 g/mol. The molecule has 12 aromatic rings. The molecule has 0 amide bonds. The van der Waals surface area contributed by atoms with E-state index in [1.807, 2.05) is 114 Å². The summed E-state index contributed by atoms with van der Waals surface area (Å²) in [6.45, 7) is 12.1. The van der Waals surface area contributed by atoms with Gasteiger partial charge in [0, 0.05) is 0 Å². The van der Waals surface area contributed by atoms with Gasteiger partial charge in [0.25, 0.3) is 0 Å². The van der Waals surface area contributed by atoms with Gasteiger partial charge in [-0.1, -0.05) is 151 Å². The molecule has 12 heteroatoms. The molecule has 0 nitrogen and oxygen atoms in total. The summed E-state index contributed by atoms with van der Waals surface area (Å²) < 4.78 is 174. The topological polar surface area (TPSA) is 0 Å². The number of hydrogen-bond donors (Lipinski definition) is 0. The molecule has 422 valence electrons. The summed E-state index contributed by atoms with van der Waals surface area (Å²) in [5.41, 5.74) is 2.80. The van der Waals surface area contributed by atoms with Crippen LogP contribution in [0.2, 0.25) is 0 Å².